The summed E-state index contributed by atoms with van der Waals surface area (Å²) in [6, 6.07) is 0. The van der Waals surface area contributed by atoms with Crippen LogP contribution in [0.15, 0.2) is 0 Å². The van der Waals surface area contributed by atoms with Gasteiger partial charge in [-0.05, 0) is 31.6 Å². The van der Waals surface area contributed by atoms with E-state index in [9.17, 15) is 0 Å². The summed E-state index contributed by atoms with van der Waals surface area (Å²) in [6.07, 6.45) is 13.7. The molecule has 2 aliphatic rings. The van der Waals surface area contributed by atoms with E-state index in [1.807, 2.05) is 0 Å². The summed E-state index contributed by atoms with van der Waals surface area (Å²) in [5.41, 5.74) is 0. The third-order valence-corrected chi connectivity index (χ3v) is 3.79. The molecule has 0 spiro atoms. The lowest BCUT2D eigenvalue weighted by Crippen LogP contribution is -2.10. The maximum absolute atomic E-state index is 5.45. The predicted molar refractivity (Wildman–Crippen MR) is 60.5 cm³/mol. The second kappa shape index (κ2) is 6.49. The zero-order valence-electron chi connectivity index (χ0n) is 9.75. The average molecular weight is 212 g/mol. The molecule has 0 aromatic heterocycles. The van der Waals surface area contributed by atoms with Gasteiger partial charge in [-0.3, -0.25) is 0 Å². The molecular weight excluding hydrogens is 188 g/mol. The van der Waals surface area contributed by atoms with Crippen LogP contribution in [0.5, 0.6) is 0 Å². The van der Waals surface area contributed by atoms with Crippen LogP contribution in [0.3, 0.4) is 0 Å². The average Bonchev–Trinajstić information content (AvgIpc) is 2.69. The van der Waals surface area contributed by atoms with E-state index in [0.29, 0.717) is 6.10 Å². The van der Waals surface area contributed by atoms with Crippen LogP contribution >= 0.6 is 0 Å². The number of hydrogen-bond donors (Lipinski definition) is 0. The first-order valence-corrected chi connectivity index (χ1v) is 6.73. The fourth-order valence-corrected chi connectivity index (χ4v) is 2.82. The summed E-state index contributed by atoms with van der Waals surface area (Å²) >= 11 is 0. The second-order valence-corrected chi connectivity index (χ2v) is 5.13. The van der Waals surface area contributed by atoms with Crippen LogP contribution < -0.4 is 0 Å². The highest BCUT2D eigenvalue weighted by Crippen LogP contribution is 2.32. The zero-order valence-corrected chi connectivity index (χ0v) is 9.75. The van der Waals surface area contributed by atoms with Gasteiger partial charge in [0.25, 0.3) is 0 Å². The smallest absolute Gasteiger partial charge is 0.0932 e. The minimum absolute atomic E-state index is 0.399. The third kappa shape index (κ3) is 4.12. The number of fused-ring (bicyclic) bond motifs is 2. The molecule has 1 aliphatic heterocycles. The van der Waals surface area contributed by atoms with Crippen molar-refractivity contribution >= 4 is 0 Å². The van der Waals surface area contributed by atoms with Crippen molar-refractivity contribution in [1.29, 1.82) is 0 Å². The maximum Gasteiger partial charge on any atom is 0.0932 e. The first kappa shape index (κ1) is 11.4. The van der Waals surface area contributed by atoms with E-state index in [2.05, 4.69) is 0 Å². The molecule has 0 N–H and O–H groups in total. The molecule has 1 heterocycles. The Morgan fingerprint density at radius 2 is 1.53 bits per heavy atom. The Morgan fingerprint density at radius 1 is 0.733 bits per heavy atom. The Bertz CT molecular complexity index is 152. The normalized spacial score (nSPS) is 35.2. The van der Waals surface area contributed by atoms with Gasteiger partial charge in [-0.25, -0.2) is 9.78 Å². The van der Waals surface area contributed by atoms with E-state index in [0.717, 1.165) is 18.9 Å². The molecule has 2 atom stereocenters. The first-order chi connectivity index (χ1) is 7.45. The van der Waals surface area contributed by atoms with Gasteiger partial charge in [0, 0.05) is 0 Å². The van der Waals surface area contributed by atoms with Crippen molar-refractivity contribution in [3.05, 3.63) is 0 Å². The fraction of sp³-hybridized carbons (Fsp3) is 1.00. The van der Waals surface area contributed by atoms with E-state index in [1.165, 1.54) is 57.8 Å². The van der Waals surface area contributed by atoms with Crippen LogP contribution in [-0.4, -0.2) is 12.7 Å². The van der Waals surface area contributed by atoms with Crippen LogP contribution in [0.1, 0.15) is 64.2 Å². The minimum atomic E-state index is 0.399. The van der Waals surface area contributed by atoms with Gasteiger partial charge < -0.3 is 0 Å². The van der Waals surface area contributed by atoms with Gasteiger partial charge in [0.2, 0.25) is 0 Å². The van der Waals surface area contributed by atoms with Gasteiger partial charge >= 0.3 is 0 Å². The van der Waals surface area contributed by atoms with Crippen molar-refractivity contribution in [3.8, 4) is 0 Å². The van der Waals surface area contributed by atoms with Gasteiger partial charge in [-0.15, -0.1) is 0 Å². The largest absolute Gasteiger partial charge is 0.236 e. The van der Waals surface area contributed by atoms with Gasteiger partial charge in [-0.2, -0.15) is 0 Å². The molecule has 15 heavy (non-hydrogen) atoms. The van der Waals surface area contributed by atoms with E-state index < -0.39 is 0 Å². The fourth-order valence-electron chi connectivity index (χ4n) is 2.82. The lowest BCUT2D eigenvalue weighted by atomic mass is 9.99. The molecule has 1 saturated heterocycles. The first-order valence-electron chi connectivity index (χ1n) is 6.73. The minimum Gasteiger partial charge on any atom is -0.236 e. The highest BCUT2D eigenvalue weighted by atomic mass is 17.2. The molecule has 2 rings (SSSR count). The Kier molecular flexibility index (Phi) is 4.94. The SMILES string of the molecule is C1CCCCC2CCC(C2)OOCCC1. The van der Waals surface area contributed by atoms with Gasteiger partial charge in [0.05, 0.1) is 12.7 Å². The van der Waals surface area contributed by atoms with Crippen LogP contribution in [0.2, 0.25) is 0 Å². The van der Waals surface area contributed by atoms with Gasteiger partial charge in [0.15, 0.2) is 0 Å². The quantitative estimate of drug-likeness (QED) is 0.568. The lowest BCUT2D eigenvalue weighted by molar-refractivity contribution is -0.323. The number of rotatable bonds is 0. The second-order valence-electron chi connectivity index (χ2n) is 5.13. The maximum atomic E-state index is 5.45. The summed E-state index contributed by atoms with van der Waals surface area (Å²) in [5.74, 6) is 0.916. The molecular formula is C13H24O2. The predicted octanol–water partition coefficient (Wildman–Crippen LogP) is 3.85. The summed E-state index contributed by atoms with van der Waals surface area (Å²) in [4.78, 5) is 10.7. The monoisotopic (exact) mass is 212 g/mol. The van der Waals surface area contributed by atoms with Crippen molar-refractivity contribution in [1.82, 2.24) is 0 Å². The summed E-state index contributed by atoms with van der Waals surface area (Å²) < 4.78 is 0. The van der Waals surface area contributed by atoms with Crippen molar-refractivity contribution in [2.75, 3.05) is 6.61 Å². The lowest BCUT2D eigenvalue weighted by Gasteiger charge is -2.10. The Labute approximate surface area is 93.3 Å². The van der Waals surface area contributed by atoms with E-state index in [4.69, 9.17) is 9.78 Å². The molecule has 2 heteroatoms. The molecule has 0 aromatic rings. The summed E-state index contributed by atoms with van der Waals surface area (Å²) in [7, 11) is 0. The molecule has 0 radical (unpaired) electrons. The van der Waals surface area contributed by atoms with Crippen molar-refractivity contribution < 1.29 is 9.78 Å². The topological polar surface area (TPSA) is 18.5 Å². The highest BCUT2D eigenvalue weighted by Gasteiger charge is 2.25. The van der Waals surface area contributed by atoms with Gasteiger partial charge in [0.1, 0.15) is 0 Å². The third-order valence-electron chi connectivity index (χ3n) is 3.79. The Hall–Kier alpha value is -0.0800. The van der Waals surface area contributed by atoms with Crippen LogP contribution in [0.4, 0.5) is 0 Å². The van der Waals surface area contributed by atoms with Crippen LogP contribution in [-0.2, 0) is 9.78 Å². The molecule has 88 valence electrons. The molecule has 0 aromatic carbocycles. The molecule has 2 fully saturated rings. The highest BCUT2D eigenvalue weighted by molar-refractivity contribution is 4.75. The summed E-state index contributed by atoms with van der Waals surface area (Å²) in [6.45, 7) is 0.793. The van der Waals surface area contributed by atoms with Crippen molar-refractivity contribution in [3.63, 3.8) is 0 Å². The van der Waals surface area contributed by atoms with E-state index in [1.54, 1.807) is 0 Å². The van der Waals surface area contributed by atoms with E-state index >= 15 is 0 Å². The summed E-state index contributed by atoms with van der Waals surface area (Å²) in [5, 5.41) is 0. The molecule has 2 unspecified atom stereocenters. The molecule has 1 saturated carbocycles. The Balaban J connectivity index is 1.73. The van der Waals surface area contributed by atoms with Gasteiger partial charge in [-0.1, -0.05) is 38.5 Å². The van der Waals surface area contributed by atoms with E-state index in [-0.39, 0.29) is 0 Å². The zero-order chi connectivity index (χ0) is 10.3. The van der Waals surface area contributed by atoms with Crippen LogP contribution in [0.25, 0.3) is 0 Å². The molecule has 0 amide bonds. The Morgan fingerprint density at radius 3 is 2.47 bits per heavy atom. The molecule has 2 nitrogen and oxygen atoms in total. The van der Waals surface area contributed by atoms with Crippen molar-refractivity contribution in [2.45, 2.75) is 70.3 Å². The molecule has 1 aliphatic carbocycles. The number of hydrogen-bond acceptors (Lipinski definition) is 2. The standard InChI is InChI=1S/C13H24O2/c1-2-4-6-10-14-15-13-9-8-12(11-13)7-5-3-1/h12-13H,1-11H2. The van der Waals surface area contributed by atoms with Crippen LogP contribution in [0, 0.1) is 5.92 Å². The molecule has 2 bridgehead atoms. The van der Waals surface area contributed by atoms with Crippen molar-refractivity contribution in [2.24, 2.45) is 5.92 Å².